The molecule has 0 bridgehead atoms. The first-order chi connectivity index (χ1) is 8.04. The van der Waals surface area contributed by atoms with Crippen LogP contribution in [0.3, 0.4) is 0 Å². The second-order valence-electron chi connectivity index (χ2n) is 4.15. The van der Waals surface area contributed by atoms with E-state index in [0.29, 0.717) is 12.1 Å². The van der Waals surface area contributed by atoms with Crippen molar-refractivity contribution in [1.82, 2.24) is 5.32 Å². The molecule has 0 aliphatic heterocycles. The number of likely N-dealkylation sites (N-methyl/N-ethyl adjacent to an activating group) is 1. The van der Waals surface area contributed by atoms with Crippen LogP contribution in [0, 0.1) is 11.3 Å². The molecule has 0 saturated carbocycles. The van der Waals surface area contributed by atoms with Crippen molar-refractivity contribution in [2.45, 2.75) is 19.9 Å². The molecule has 17 heavy (non-hydrogen) atoms. The standard InChI is InChI=1S/C13H17N3O/c1-10(2)15-9-13(17)16(3)12-6-4-11(8-14)5-7-12/h4-7,10,15H,9H2,1-3H3. The molecule has 0 saturated heterocycles. The molecule has 1 rings (SSSR count). The summed E-state index contributed by atoms with van der Waals surface area (Å²) in [4.78, 5) is 13.4. The molecule has 1 amide bonds. The highest BCUT2D eigenvalue weighted by Gasteiger charge is 2.10. The second-order valence-corrected chi connectivity index (χ2v) is 4.15. The fraction of sp³-hybridized carbons (Fsp3) is 0.385. The van der Waals surface area contributed by atoms with Gasteiger partial charge in [-0.05, 0) is 24.3 Å². The third-order valence-corrected chi connectivity index (χ3v) is 2.42. The minimum absolute atomic E-state index is 0.00316. The SMILES string of the molecule is CC(C)NCC(=O)N(C)c1ccc(C#N)cc1. The molecule has 0 aliphatic rings. The predicted molar refractivity (Wildman–Crippen MR) is 67.7 cm³/mol. The zero-order valence-electron chi connectivity index (χ0n) is 10.4. The maximum atomic E-state index is 11.8. The van der Waals surface area contributed by atoms with Gasteiger partial charge in [0.1, 0.15) is 0 Å². The van der Waals surface area contributed by atoms with Gasteiger partial charge in [0.05, 0.1) is 18.2 Å². The summed E-state index contributed by atoms with van der Waals surface area (Å²) < 4.78 is 0. The Hall–Kier alpha value is -1.86. The molecule has 4 nitrogen and oxygen atoms in total. The lowest BCUT2D eigenvalue weighted by atomic mass is 10.2. The van der Waals surface area contributed by atoms with Crippen LogP contribution in [-0.4, -0.2) is 25.5 Å². The van der Waals surface area contributed by atoms with Crippen LogP contribution in [0.15, 0.2) is 24.3 Å². The molecule has 0 fully saturated rings. The zero-order valence-corrected chi connectivity index (χ0v) is 10.4. The number of amides is 1. The topological polar surface area (TPSA) is 56.1 Å². The molecule has 90 valence electrons. The predicted octanol–water partition coefficient (Wildman–Crippen LogP) is 1.52. The van der Waals surface area contributed by atoms with E-state index >= 15 is 0 Å². The second kappa shape index (κ2) is 6.02. The van der Waals surface area contributed by atoms with Gasteiger partial charge >= 0.3 is 0 Å². The number of benzene rings is 1. The number of hydrogen-bond acceptors (Lipinski definition) is 3. The summed E-state index contributed by atoms with van der Waals surface area (Å²) in [5.74, 6) is 0.00316. The van der Waals surface area contributed by atoms with Gasteiger partial charge in [-0.2, -0.15) is 5.26 Å². The molecule has 1 aromatic carbocycles. The van der Waals surface area contributed by atoms with Crippen LogP contribution >= 0.6 is 0 Å². The van der Waals surface area contributed by atoms with Crippen LogP contribution in [0.5, 0.6) is 0 Å². The van der Waals surface area contributed by atoms with Crippen molar-refractivity contribution < 1.29 is 4.79 Å². The molecule has 0 spiro atoms. The first-order valence-corrected chi connectivity index (χ1v) is 5.54. The Bertz CT molecular complexity index is 417. The van der Waals surface area contributed by atoms with Crippen molar-refractivity contribution in [3.63, 3.8) is 0 Å². The maximum absolute atomic E-state index is 11.8. The summed E-state index contributed by atoms with van der Waals surface area (Å²) in [6, 6.07) is 9.28. The van der Waals surface area contributed by atoms with E-state index < -0.39 is 0 Å². The van der Waals surface area contributed by atoms with Crippen molar-refractivity contribution in [1.29, 1.82) is 5.26 Å². The van der Waals surface area contributed by atoms with Gasteiger partial charge in [-0.3, -0.25) is 4.79 Å². The van der Waals surface area contributed by atoms with Crippen molar-refractivity contribution in [3.05, 3.63) is 29.8 Å². The highest BCUT2D eigenvalue weighted by molar-refractivity contribution is 5.94. The summed E-state index contributed by atoms with van der Waals surface area (Å²) >= 11 is 0. The monoisotopic (exact) mass is 231 g/mol. The number of carbonyl (C=O) groups is 1. The molecule has 0 aliphatic carbocycles. The Morgan fingerprint density at radius 3 is 2.47 bits per heavy atom. The van der Waals surface area contributed by atoms with E-state index in [1.165, 1.54) is 0 Å². The maximum Gasteiger partial charge on any atom is 0.240 e. The molecule has 0 heterocycles. The van der Waals surface area contributed by atoms with Crippen LogP contribution in [-0.2, 0) is 4.79 Å². The molecule has 1 N–H and O–H groups in total. The van der Waals surface area contributed by atoms with Gasteiger partial charge in [0.2, 0.25) is 5.91 Å². The zero-order chi connectivity index (χ0) is 12.8. The van der Waals surface area contributed by atoms with Crippen molar-refractivity contribution in [3.8, 4) is 6.07 Å². The van der Waals surface area contributed by atoms with Crippen molar-refractivity contribution >= 4 is 11.6 Å². The molecule has 0 radical (unpaired) electrons. The molecule has 1 aromatic rings. The first-order valence-electron chi connectivity index (χ1n) is 5.54. The van der Waals surface area contributed by atoms with Gasteiger partial charge in [-0.25, -0.2) is 0 Å². The van der Waals surface area contributed by atoms with Crippen LogP contribution in [0.4, 0.5) is 5.69 Å². The fourth-order valence-electron chi connectivity index (χ4n) is 1.31. The van der Waals surface area contributed by atoms with E-state index in [9.17, 15) is 4.79 Å². The number of nitrogens with one attached hydrogen (secondary N) is 1. The molecular weight excluding hydrogens is 214 g/mol. The normalized spacial score (nSPS) is 10.1. The minimum atomic E-state index is 0.00316. The van der Waals surface area contributed by atoms with E-state index in [-0.39, 0.29) is 11.9 Å². The number of hydrogen-bond donors (Lipinski definition) is 1. The lowest BCUT2D eigenvalue weighted by molar-refractivity contribution is -0.117. The highest BCUT2D eigenvalue weighted by atomic mass is 16.2. The molecule has 0 unspecified atom stereocenters. The summed E-state index contributed by atoms with van der Waals surface area (Å²) in [6.45, 7) is 4.30. The number of nitriles is 1. The number of anilines is 1. The van der Waals surface area contributed by atoms with E-state index in [1.54, 1.807) is 36.2 Å². The Morgan fingerprint density at radius 1 is 1.41 bits per heavy atom. The Morgan fingerprint density at radius 2 is 2.00 bits per heavy atom. The van der Waals surface area contributed by atoms with Gasteiger partial charge in [0.25, 0.3) is 0 Å². The summed E-state index contributed by atoms with van der Waals surface area (Å²) in [7, 11) is 1.73. The van der Waals surface area contributed by atoms with Crippen LogP contribution < -0.4 is 10.2 Å². The van der Waals surface area contributed by atoms with Crippen molar-refractivity contribution in [2.24, 2.45) is 0 Å². The summed E-state index contributed by atoms with van der Waals surface area (Å²) in [6.07, 6.45) is 0. The average molecular weight is 231 g/mol. The Labute approximate surface area is 102 Å². The van der Waals surface area contributed by atoms with Crippen LogP contribution in [0.2, 0.25) is 0 Å². The van der Waals surface area contributed by atoms with Gasteiger partial charge in [0, 0.05) is 18.8 Å². The third-order valence-electron chi connectivity index (χ3n) is 2.42. The van der Waals surface area contributed by atoms with E-state index in [4.69, 9.17) is 5.26 Å². The summed E-state index contributed by atoms with van der Waals surface area (Å²) in [5.41, 5.74) is 1.38. The van der Waals surface area contributed by atoms with Crippen LogP contribution in [0.1, 0.15) is 19.4 Å². The molecule has 0 atom stereocenters. The van der Waals surface area contributed by atoms with Gasteiger partial charge < -0.3 is 10.2 Å². The molecule has 0 aromatic heterocycles. The average Bonchev–Trinajstić information content (AvgIpc) is 2.35. The van der Waals surface area contributed by atoms with E-state index in [1.807, 2.05) is 19.9 Å². The largest absolute Gasteiger partial charge is 0.314 e. The number of carbonyl (C=O) groups excluding carboxylic acids is 1. The smallest absolute Gasteiger partial charge is 0.240 e. The summed E-state index contributed by atoms with van der Waals surface area (Å²) in [5, 5.41) is 11.8. The quantitative estimate of drug-likeness (QED) is 0.854. The third kappa shape index (κ3) is 3.89. The fourth-order valence-corrected chi connectivity index (χ4v) is 1.31. The van der Waals surface area contributed by atoms with Crippen molar-refractivity contribution in [2.75, 3.05) is 18.5 Å². The first kappa shape index (κ1) is 13.2. The lowest BCUT2D eigenvalue weighted by Gasteiger charge is -2.18. The Kier molecular flexibility index (Phi) is 4.68. The molecular formula is C13H17N3O. The minimum Gasteiger partial charge on any atom is -0.314 e. The number of rotatable bonds is 4. The number of nitrogens with zero attached hydrogens (tertiary/aromatic N) is 2. The van der Waals surface area contributed by atoms with Gasteiger partial charge in [-0.1, -0.05) is 13.8 Å². The van der Waals surface area contributed by atoms with E-state index in [0.717, 1.165) is 5.69 Å². The van der Waals surface area contributed by atoms with E-state index in [2.05, 4.69) is 5.32 Å². The lowest BCUT2D eigenvalue weighted by Crippen LogP contribution is -2.38. The van der Waals surface area contributed by atoms with Gasteiger partial charge in [-0.15, -0.1) is 0 Å². The molecule has 4 heteroatoms. The highest BCUT2D eigenvalue weighted by Crippen LogP contribution is 2.13. The van der Waals surface area contributed by atoms with Crippen LogP contribution in [0.25, 0.3) is 0 Å². The Balaban J connectivity index is 2.65. The van der Waals surface area contributed by atoms with Gasteiger partial charge in [0.15, 0.2) is 0 Å².